The second-order valence-corrected chi connectivity index (χ2v) is 9.15. The zero-order valence-electron chi connectivity index (χ0n) is 19.1. The number of nitrogens with one attached hydrogen (secondary N) is 2. The summed E-state index contributed by atoms with van der Waals surface area (Å²) in [6, 6.07) is 8.07. The number of hydrogen-bond acceptors (Lipinski definition) is 7. The van der Waals surface area contributed by atoms with Crippen molar-refractivity contribution in [3.05, 3.63) is 48.0 Å². The van der Waals surface area contributed by atoms with Gasteiger partial charge >= 0.3 is 0 Å². The van der Waals surface area contributed by atoms with Gasteiger partial charge in [-0.3, -0.25) is 14.6 Å². The van der Waals surface area contributed by atoms with Gasteiger partial charge in [-0.2, -0.15) is 0 Å². The molecule has 9 heteroatoms. The number of aromatic amines is 1. The smallest absolute Gasteiger partial charge is 0.269 e. The molecule has 0 saturated carbocycles. The fourth-order valence-corrected chi connectivity index (χ4v) is 4.55. The molecule has 4 N–H and O–H groups in total. The van der Waals surface area contributed by atoms with Crippen LogP contribution in [0, 0.1) is 0 Å². The maximum absolute atomic E-state index is 12.1. The molecule has 33 heavy (non-hydrogen) atoms. The van der Waals surface area contributed by atoms with Crippen molar-refractivity contribution in [3.63, 3.8) is 0 Å². The number of hydrogen-bond donors (Lipinski definition) is 4. The average Bonchev–Trinajstić information content (AvgIpc) is 3.37. The third-order valence-electron chi connectivity index (χ3n) is 6.64. The molecule has 0 radical (unpaired) electrons. The van der Waals surface area contributed by atoms with Gasteiger partial charge in [0.15, 0.2) is 0 Å². The summed E-state index contributed by atoms with van der Waals surface area (Å²) in [5.41, 5.74) is 0.0743. The lowest BCUT2D eigenvalue weighted by molar-refractivity contribution is -0.116. The number of carbonyl (C=O) groups is 1. The first-order chi connectivity index (χ1) is 16.0. The van der Waals surface area contributed by atoms with Crippen LogP contribution in [0.15, 0.2) is 36.8 Å². The number of nitrogens with zero attached hydrogens (tertiary/aromatic N) is 3. The summed E-state index contributed by atoms with van der Waals surface area (Å²) in [7, 11) is 0. The molecule has 0 unspecified atom stereocenters. The minimum atomic E-state index is -1.36. The summed E-state index contributed by atoms with van der Waals surface area (Å²) in [4.78, 5) is 23.2. The number of imidazole rings is 1. The number of amides is 1. The van der Waals surface area contributed by atoms with E-state index < -0.39 is 11.7 Å². The zero-order valence-corrected chi connectivity index (χ0v) is 19.1. The molecule has 0 bridgehead atoms. The van der Waals surface area contributed by atoms with Crippen LogP contribution >= 0.6 is 0 Å². The number of aromatic nitrogens is 2. The Hall–Kier alpha value is -2.46. The minimum Gasteiger partial charge on any atom is -0.492 e. The highest BCUT2D eigenvalue weighted by molar-refractivity contribution is 5.91. The Bertz CT molecular complexity index is 887. The first kappa shape index (κ1) is 23.7. The van der Waals surface area contributed by atoms with E-state index in [1.807, 2.05) is 18.2 Å². The van der Waals surface area contributed by atoms with Crippen LogP contribution in [0.4, 0.5) is 0 Å². The van der Waals surface area contributed by atoms with E-state index in [2.05, 4.69) is 31.2 Å². The fraction of sp³-hybridized carbons (Fsp3) is 0.583. The predicted octanol–water partition coefficient (Wildman–Crippen LogP) is 1.00. The normalized spacial score (nSPS) is 24.5. The number of β-amino-alcohol motifs (C(OH)–C–C–N with tert-alkyl or cyclic N) is 1. The first-order valence-electron chi connectivity index (χ1n) is 11.9. The SMILES string of the molecule is O=C(NC[C@]1(O)CCN(Cc2cccc(OCCN3CCCCC3)c2)C[C@H]1O)c1cnc[nH]1. The van der Waals surface area contributed by atoms with Crippen molar-refractivity contribution < 1.29 is 19.7 Å². The molecular formula is C24H35N5O4. The molecule has 9 nitrogen and oxygen atoms in total. The number of H-pyrrole nitrogens is 1. The Labute approximate surface area is 194 Å². The standard InChI is InChI=1S/C24H35N5O4/c30-22-16-29(10-7-24(22,32)17-26-23(31)21-14-25-18-27-21)15-19-5-4-6-20(13-19)33-12-11-28-8-2-1-3-9-28/h4-6,13-14,18,22,30,32H,1-3,7-12,15-17H2,(H,25,27)(H,26,31)/t22-,24-/m1/s1. The summed E-state index contributed by atoms with van der Waals surface area (Å²) in [6.45, 7) is 5.57. The van der Waals surface area contributed by atoms with Crippen LogP contribution in [0.1, 0.15) is 41.7 Å². The molecule has 1 amide bonds. The zero-order chi connectivity index (χ0) is 23.1. The second kappa shape index (κ2) is 11.1. The van der Waals surface area contributed by atoms with Crippen molar-refractivity contribution in [2.45, 2.75) is 43.9 Å². The van der Waals surface area contributed by atoms with Crippen molar-refractivity contribution in [2.75, 3.05) is 45.9 Å². The number of ether oxygens (including phenoxy) is 1. The monoisotopic (exact) mass is 457 g/mol. The Morgan fingerprint density at radius 3 is 2.85 bits per heavy atom. The molecule has 0 spiro atoms. The summed E-state index contributed by atoms with van der Waals surface area (Å²) in [6.07, 6.45) is 6.14. The predicted molar refractivity (Wildman–Crippen MR) is 124 cm³/mol. The van der Waals surface area contributed by atoms with Crippen LogP contribution < -0.4 is 10.1 Å². The lowest BCUT2D eigenvalue weighted by Gasteiger charge is -2.42. The maximum Gasteiger partial charge on any atom is 0.269 e. The number of carbonyl (C=O) groups excluding carboxylic acids is 1. The Balaban J connectivity index is 1.23. The maximum atomic E-state index is 12.1. The number of rotatable bonds is 9. The van der Waals surface area contributed by atoms with E-state index in [9.17, 15) is 15.0 Å². The molecular weight excluding hydrogens is 422 g/mol. The van der Waals surface area contributed by atoms with Crippen LogP contribution in [0.2, 0.25) is 0 Å². The van der Waals surface area contributed by atoms with Crippen LogP contribution in [-0.4, -0.2) is 93.5 Å². The van der Waals surface area contributed by atoms with E-state index in [-0.39, 0.29) is 12.5 Å². The van der Waals surface area contributed by atoms with Crippen molar-refractivity contribution in [3.8, 4) is 5.75 Å². The molecule has 1 aromatic heterocycles. The van der Waals surface area contributed by atoms with Gasteiger partial charge in [-0.1, -0.05) is 18.6 Å². The fourth-order valence-electron chi connectivity index (χ4n) is 4.55. The number of piperidine rings is 2. The number of aliphatic hydroxyl groups excluding tert-OH is 1. The molecule has 2 aromatic rings. The van der Waals surface area contributed by atoms with Gasteiger partial charge in [0.25, 0.3) is 5.91 Å². The van der Waals surface area contributed by atoms with E-state index in [1.165, 1.54) is 44.9 Å². The van der Waals surface area contributed by atoms with Crippen LogP contribution in [0.5, 0.6) is 5.75 Å². The van der Waals surface area contributed by atoms with Crippen molar-refractivity contribution in [1.29, 1.82) is 0 Å². The lowest BCUT2D eigenvalue weighted by Crippen LogP contribution is -2.60. The van der Waals surface area contributed by atoms with E-state index in [4.69, 9.17) is 4.74 Å². The van der Waals surface area contributed by atoms with Gasteiger partial charge in [-0.15, -0.1) is 0 Å². The molecule has 2 aliphatic heterocycles. The van der Waals surface area contributed by atoms with Gasteiger partial charge in [0.1, 0.15) is 23.7 Å². The highest BCUT2D eigenvalue weighted by atomic mass is 16.5. The largest absolute Gasteiger partial charge is 0.492 e. The lowest BCUT2D eigenvalue weighted by atomic mass is 9.88. The summed E-state index contributed by atoms with van der Waals surface area (Å²) < 4.78 is 5.98. The third kappa shape index (κ3) is 6.54. The van der Waals surface area contributed by atoms with E-state index >= 15 is 0 Å². The number of benzene rings is 1. The summed E-state index contributed by atoms with van der Waals surface area (Å²) in [5.74, 6) is 0.507. The Kier molecular flexibility index (Phi) is 7.97. The van der Waals surface area contributed by atoms with E-state index in [0.717, 1.165) is 17.9 Å². The van der Waals surface area contributed by atoms with Crippen molar-refractivity contribution in [1.82, 2.24) is 25.1 Å². The van der Waals surface area contributed by atoms with Crippen LogP contribution in [0.25, 0.3) is 0 Å². The van der Waals surface area contributed by atoms with Gasteiger partial charge in [0, 0.05) is 32.7 Å². The van der Waals surface area contributed by atoms with E-state index in [1.54, 1.807) is 0 Å². The highest BCUT2D eigenvalue weighted by Crippen LogP contribution is 2.24. The molecule has 2 fully saturated rings. The van der Waals surface area contributed by atoms with Gasteiger partial charge in [-0.05, 0) is 50.0 Å². The van der Waals surface area contributed by atoms with Gasteiger partial charge in [0.2, 0.25) is 0 Å². The second-order valence-electron chi connectivity index (χ2n) is 9.15. The molecule has 2 aliphatic rings. The first-order valence-corrected chi connectivity index (χ1v) is 11.9. The number of aliphatic hydroxyl groups is 2. The van der Waals surface area contributed by atoms with Gasteiger partial charge in [-0.25, -0.2) is 4.98 Å². The average molecular weight is 458 g/mol. The van der Waals surface area contributed by atoms with Gasteiger partial charge < -0.3 is 25.3 Å². The summed E-state index contributed by atoms with van der Waals surface area (Å²) >= 11 is 0. The summed E-state index contributed by atoms with van der Waals surface area (Å²) in [5, 5.41) is 24.2. The molecule has 4 rings (SSSR count). The highest BCUT2D eigenvalue weighted by Gasteiger charge is 2.40. The number of likely N-dealkylation sites (tertiary alicyclic amines) is 2. The van der Waals surface area contributed by atoms with E-state index in [0.29, 0.717) is 38.4 Å². The molecule has 180 valence electrons. The molecule has 0 aliphatic carbocycles. The van der Waals surface area contributed by atoms with Crippen molar-refractivity contribution in [2.24, 2.45) is 0 Å². The quantitative estimate of drug-likeness (QED) is 0.444. The molecule has 2 saturated heterocycles. The van der Waals surface area contributed by atoms with Crippen LogP contribution in [0.3, 0.4) is 0 Å². The third-order valence-corrected chi connectivity index (χ3v) is 6.64. The Morgan fingerprint density at radius 1 is 1.24 bits per heavy atom. The molecule has 3 heterocycles. The van der Waals surface area contributed by atoms with Crippen LogP contribution in [-0.2, 0) is 6.54 Å². The molecule has 1 aromatic carbocycles. The van der Waals surface area contributed by atoms with Gasteiger partial charge in [0.05, 0.1) is 18.6 Å². The minimum absolute atomic E-state index is 0.0137. The topological polar surface area (TPSA) is 114 Å². The Morgan fingerprint density at radius 2 is 2.09 bits per heavy atom. The molecule has 2 atom stereocenters. The van der Waals surface area contributed by atoms with Crippen molar-refractivity contribution >= 4 is 5.91 Å².